The van der Waals surface area contributed by atoms with Crippen molar-refractivity contribution in [3.05, 3.63) is 24.1 Å². The minimum absolute atomic E-state index is 0.317. The SMILES string of the molecule is [C-]#[N+]C1C2CC3C1OS(=O)(=O)C3C2OC(=O)COC(=O)C=C. The Labute approximate surface area is 127 Å². The van der Waals surface area contributed by atoms with E-state index in [-0.39, 0.29) is 11.8 Å². The molecule has 0 spiro atoms. The van der Waals surface area contributed by atoms with Crippen molar-refractivity contribution in [3.8, 4) is 0 Å². The van der Waals surface area contributed by atoms with Gasteiger partial charge in [-0.05, 0) is 6.42 Å². The highest BCUT2D eigenvalue weighted by molar-refractivity contribution is 7.87. The van der Waals surface area contributed by atoms with Crippen LogP contribution in [0.1, 0.15) is 6.42 Å². The van der Waals surface area contributed by atoms with Crippen LogP contribution in [0.3, 0.4) is 0 Å². The van der Waals surface area contributed by atoms with Crippen LogP contribution in [0.25, 0.3) is 4.85 Å². The summed E-state index contributed by atoms with van der Waals surface area (Å²) in [5.74, 6) is -2.31. The molecule has 0 aromatic carbocycles. The molecule has 2 aliphatic carbocycles. The molecule has 1 saturated heterocycles. The molecule has 1 aliphatic heterocycles. The third kappa shape index (κ3) is 2.10. The second-order valence-corrected chi connectivity index (χ2v) is 7.19. The first-order chi connectivity index (χ1) is 10.4. The molecule has 0 aromatic heterocycles. The number of esters is 2. The minimum Gasteiger partial charge on any atom is -0.458 e. The molecule has 0 amide bonds. The van der Waals surface area contributed by atoms with Gasteiger partial charge >= 0.3 is 11.9 Å². The minimum atomic E-state index is -3.85. The van der Waals surface area contributed by atoms with E-state index in [1.165, 1.54) is 0 Å². The normalized spacial score (nSPS) is 40.0. The van der Waals surface area contributed by atoms with Gasteiger partial charge in [0.2, 0.25) is 0 Å². The number of carbonyl (C=O) groups is 2. The molecular weight excluding hydrogens is 314 g/mol. The number of fused-ring (bicyclic) bond motifs is 1. The lowest BCUT2D eigenvalue weighted by atomic mass is 9.90. The van der Waals surface area contributed by atoms with Gasteiger partial charge in [-0.15, -0.1) is 0 Å². The molecule has 9 heteroatoms. The lowest BCUT2D eigenvalue weighted by Gasteiger charge is -2.25. The van der Waals surface area contributed by atoms with Crippen LogP contribution >= 0.6 is 0 Å². The lowest BCUT2D eigenvalue weighted by Crippen LogP contribution is -2.45. The van der Waals surface area contributed by atoms with Gasteiger partial charge in [-0.3, -0.25) is 4.18 Å². The molecule has 6 atom stereocenters. The number of hydrogen-bond acceptors (Lipinski definition) is 7. The number of rotatable bonds is 4. The monoisotopic (exact) mass is 327 g/mol. The zero-order chi connectivity index (χ0) is 16.1. The van der Waals surface area contributed by atoms with Crippen LogP contribution in [0.2, 0.25) is 0 Å². The first-order valence-corrected chi connectivity index (χ1v) is 8.13. The van der Waals surface area contributed by atoms with E-state index in [1.807, 2.05) is 0 Å². The van der Waals surface area contributed by atoms with Crippen LogP contribution in [0.5, 0.6) is 0 Å². The van der Waals surface area contributed by atoms with Crippen molar-refractivity contribution in [1.82, 2.24) is 0 Å². The van der Waals surface area contributed by atoms with E-state index in [1.54, 1.807) is 0 Å². The van der Waals surface area contributed by atoms with Crippen molar-refractivity contribution >= 4 is 22.1 Å². The number of ether oxygens (including phenoxy) is 2. The van der Waals surface area contributed by atoms with Crippen LogP contribution < -0.4 is 0 Å². The summed E-state index contributed by atoms with van der Waals surface area (Å²) in [4.78, 5) is 26.1. The van der Waals surface area contributed by atoms with Crippen molar-refractivity contribution in [2.45, 2.75) is 29.9 Å². The third-order valence-electron chi connectivity index (χ3n) is 4.40. The molecule has 2 bridgehead atoms. The van der Waals surface area contributed by atoms with Crippen molar-refractivity contribution < 1.29 is 31.7 Å². The van der Waals surface area contributed by atoms with Crippen molar-refractivity contribution in [3.63, 3.8) is 0 Å². The van der Waals surface area contributed by atoms with E-state index >= 15 is 0 Å². The summed E-state index contributed by atoms with van der Waals surface area (Å²) < 4.78 is 38.8. The van der Waals surface area contributed by atoms with Gasteiger partial charge in [0.05, 0.1) is 5.92 Å². The molecule has 118 valence electrons. The Balaban J connectivity index is 1.74. The van der Waals surface area contributed by atoms with Gasteiger partial charge in [0.15, 0.2) is 12.7 Å². The average Bonchev–Trinajstić information content (AvgIpc) is 3.05. The summed E-state index contributed by atoms with van der Waals surface area (Å²) in [6.45, 7) is 9.76. The van der Waals surface area contributed by atoms with Gasteiger partial charge in [0.25, 0.3) is 16.2 Å². The molecule has 3 rings (SSSR count). The summed E-state index contributed by atoms with van der Waals surface area (Å²) >= 11 is 0. The molecule has 2 saturated carbocycles. The fourth-order valence-electron chi connectivity index (χ4n) is 3.65. The third-order valence-corrected chi connectivity index (χ3v) is 6.18. The van der Waals surface area contributed by atoms with Crippen LogP contribution in [-0.2, 0) is 33.4 Å². The highest BCUT2D eigenvalue weighted by Crippen LogP contribution is 2.56. The fraction of sp³-hybridized carbons (Fsp3) is 0.615. The van der Waals surface area contributed by atoms with Gasteiger partial charge in [-0.2, -0.15) is 8.42 Å². The quantitative estimate of drug-likeness (QED) is 0.301. The Kier molecular flexibility index (Phi) is 3.45. The van der Waals surface area contributed by atoms with E-state index < -0.39 is 52.2 Å². The Morgan fingerprint density at radius 3 is 2.77 bits per heavy atom. The van der Waals surface area contributed by atoms with Crippen molar-refractivity contribution in [1.29, 1.82) is 0 Å². The van der Waals surface area contributed by atoms with Crippen LogP contribution in [0.4, 0.5) is 0 Å². The molecule has 22 heavy (non-hydrogen) atoms. The fourth-order valence-corrected chi connectivity index (χ4v) is 5.62. The Bertz CT molecular complexity index is 679. The maximum absolute atomic E-state index is 12.0. The number of nitrogens with zero attached hydrogens (tertiary/aromatic N) is 1. The highest BCUT2D eigenvalue weighted by Gasteiger charge is 2.73. The van der Waals surface area contributed by atoms with E-state index in [0.29, 0.717) is 6.42 Å². The van der Waals surface area contributed by atoms with E-state index in [0.717, 1.165) is 6.08 Å². The summed E-state index contributed by atoms with van der Waals surface area (Å²) in [6.07, 6.45) is -0.181. The molecule has 0 aromatic rings. The largest absolute Gasteiger partial charge is 0.458 e. The molecule has 3 fully saturated rings. The first-order valence-electron chi connectivity index (χ1n) is 6.66. The van der Waals surface area contributed by atoms with Crippen LogP contribution in [-0.4, -0.2) is 50.5 Å². The van der Waals surface area contributed by atoms with Crippen LogP contribution in [0, 0.1) is 18.4 Å². The zero-order valence-electron chi connectivity index (χ0n) is 11.4. The summed E-state index contributed by atoms with van der Waals surface area (Å²) in [7, 11) is -3.85. The Morgan fingerprint density at radius 2 is 2.14 bits per heavy atom. The molecule has 8 nitrogen and oxygen atoms in total. The standard InChI is InChI=1S/C13H13NO7S/c1-3-8(15)19-5-9(16)20-12-6-4-7-11(10(6)14-2)21-22(17,18)13(7)12/h3,6-7,10-13H,1,4-5H2. The van der Waals surface area contributed by atoms with Gasteiger partial charge in [0.1, 0.15) is 11.4 Å². The first kappa shape index (κ1) is 15.0. The summed E-state index contributed by atoms with van der Waals surface area (Å²) in [6, 6.07) is -0.632. The second-order valence-electron chi connectivity index (χ2n) is 5.47. The Hall–Kier alpha value is -1.92. The number of hydrogen-bond donors (Lipinski definition) is 0. The summed E-state index contributed by atoms with van der Waals surface area (Å²) in [5.41, 5.74) is 0. The van der Waals surface area contributed by atoms with Gasteiger partial charge in [-0.1, -0.05) is 6.58 Å². The maximum atomic E-state index is 12.0. The maximum Gasteiger partial charge on any atom is 0.344 e. The smallest absolute Gasteiger partial charge is 0.344 e. The molecule has 0 N–H and O–H groups in total. The molecular formula is C13H13NO7S. The zero-order valence-corrected chi connectivity index (χ0v) is 12.2. The lowest BCUT2D eigenvalue weighted by molar-refractivity contribution is -0.161. The molecule has 6 unspecified atom stereocenters. The van der Waals surface area contributed by atoms with Gasteiger partial charge in [0, 0.05) is 12.0 Å². The topological polar surface area (TPSA) is 100 Å². The van der Waals surface area contributed by atoms with E-state index in [9.17, 15) is 18.0 Å². The predicted molar refractivity (Wildman–Crippen MR) is 70.6 cm³/mol. The molecule has 0 radical (unpaired) electrons. The Morgan fingerprint density at radius 1 is 1.41 bits per heavy atom. The van der Waals surface area contributed by atoms with Gasteiger partial charge in [-0.25, -0.2) is 16.2 Å². The van der Waals surface area contributed by atoms with Crippen molar-refractivity contribution in [2.24, 2.45) is 11.8 Å². The van der Waals surface area contributed by atoms with Crippen LogP contribution in [0.15, 0.2) is 12.7 Å². The van der Waals surface area contributed by atoms with E-state index in [2.05, 4.69) is 16.2 Å². The molecule has 3 aliphatic rings. The predicted octanol–water partition coefficient (Wildman–Crippen LogP) is -0.338. The number of carbonyl (C=O) groups excluding carboxylic acids is 2. The van der Waals surface area contributed by atoms with E-state index in [4.69, 9.17) is 15.5 Å². The highest BCUT2D eigenvalue weighted by atomic mass is 32.2. The summed E-state index contributed by atoms with van der Waals surface area (Å²) in [5, 5.41) is -0.931. The second kappa shape index (κ2) is 5.07. The van der Waals surface area contributed by atoms with Crippen molar-refractivity contribution in [2.75, 3.05) is 6.61 Å². The van der Waals surface area contributed by atoms with Gasteiger partial charge < -0.3 is 14.3 Å². The average molecular weight is 327 g/mol. The molecule has 1 heterocycles.